The largest absolute Gasteiger partial charge is 0.327 e. The van der Waals surface area contributed by atoms with Crippen LogP contribution in [0.3, 0.4) is 0 Å². The molecule has 7 heteroatoms. The van der Waals surface area contributed by atoms with Crippen LogP contribution in [0.1, 0.15) is 36.4 Å². The number of nitrogens with one attached hydrogen (secondary N) is 1. The summed E-state index contributed by atoms with van der Waals surface area (Å²) in [6.07, 6.45) is 3.80. The Kier molecular flexibility index (Phi) is 7.71. The Morgan fingerprint density at radius 3 is 1.88 bits per heavy atom. The van der Waals surface area contributed by atoms with Crippen molar-refractivity contribution in [3.05, 3.63) is 71.3 Å². The second kappa shape index (κ2) is 10.9. The highest BCUT2D eigenvalue weighted by Crippen LogP contribution is 2.24. The number of piperazine rings is 1. The van der Waals surface area contributed by atoms with E-state index in [9.17, 15) is 13.6 Å². The van der Waals surface area contributed by atoms with Crippen LogP contribution < -0.4 is 5.32 Å². The number of benzene rings is 2. The van der Waals surface area contributed by atoms with Gasteiger partial charge in [0.2, 0.25) is 0 Å². The second-order valence-electron chi connectivity index (χ2n) is 8.72. The lowest BCUT2D eigenvalue weighted by Crippen LogP contribution is -2.52. The zero-order chi connectivity index (χ0) is 22.3. The predicted molar refractivity (Wildman–Crippen MR) is 121 cm³/mol. The molecule has 0 aromatic heterocycles. The number of hydrogen-bond acceptors (Lipinski definition) is 3. The molecule has 2 aliphatic heterocycles. The molecule has 2 amide bonds. The van der Waals surface area contributed by atoms with Crippen molar-refractivity contribution < 1.29 is 13.6 Å². The van der Waals surface area contributed by atoms with Crippen molar-refractivity contribution in [2.75, 3.05) is 52.4 Å². The van der Waals surface area contributed by atoms with Crippen molar-refractivity contribution in [3.63, 3.8) is 0 Å². The highest BCUT2D eigenvalue weighted by atomic mass is 19.1. The maximum Gasteiger partial charge on any atom is 0.318 e. The van der Waals surface area contributed by atoms with Crippen LogP contribution in [0, 0.1) is 11.6 Å². The van der Waals surface area contributed by atoms with Gasteiger partial charge in [-0.2, -0.15) is 0 Å². The highest BCUT2D eigenvalue weighted by molar-refractivity contribution is 5.75. The van der Waals surface area contributed by atoms with Gasteiger partial charge in [-0.1, -0.05) is 24.3 Å². The van der Waals surface area contributed by atoms with E-state index in [4.69, 9.17) is 0 Å². The topological polar surface area (TPSA) is 38.8 Å². The predicted octanol–water partition coefficient (Wildman–Crippen LogP) is 3.87. The van der Waals surface area contributed by atoms with E-state index < -0.39 is 6.04 Å². The smallest absolute Gasteiger partial charge is 0.318 e. The first kappa shape index (κ1) is 22.7. The van der Waals surface area contributed by atoms with Crippen LogP contribution in [-0.2, 0) is 0 Å². The van der Waals surface area contributed by atoms with Crippen molar-refractivity contribution in [2.45, 2.75) is 25.3 Å². The van der Waals surface area contributed by atoms with Crippen LogP contribution in [-0.4, -0.2) is 73.1 Å². The van der Waals surface area contributed by atoms with E-state index >= 15 is 0 Å². The van der Waals surface area contributed by atoms with E-state index in [0.717, 1.165) is 32.6 Å². The van der Waals surface area contributed by atoms with E-state index in [-0.39, 0.29) is 17.7 Å². The normalized spacial score (nSPS) is 17.8. The molecule has 2 aliphatic rings. The van der Waals surface area contributed by atoms with E-state index in [1.807, 2.05) is 0 Å². The van der Waals surface area contributed by atoms with Gasteiger partial charge in [-0.05, 0) is 80.8 Å². The summed E-state index contributed by atoms with van der Waals surface area (Å²) in [5.74, 6) is -0.776. The van der Waals surface area contributed by atoms with Gasteiger partial charge in [0.15, 0.2) is 0 Å². The minimum absolute atomic E-state index is 0.208. The molecule has 0 unspecified atom stereocenters. The Bertz CT molecular complexity index is 850. The molecule has 1 N–H and O–H groups in total. The first-order chi connectivity index (χ1) is 15.6. The molecule has 0 radical (unpaired) electrons. The quantitative estimate of drug-likeness (QED) is 0.708. The molecule has 0 saturated carbocycles. The highest BCUT2D eigenvalue weighted by Gasteiger charge is 2.25. The molecule has 0 spiro atoms. The van der Waals surface area contributed by atoms with Crippen LogP contribution in [0.15, 0.2) is 48.5 Å². The Labute approximate surface area is 189 Å². The van der Waals surface area contributed by atoms with Crippen LogP contribution in [0.4, 0.5) is 13.6 Å². The fourth-order valence-electron chi connectivity index (χ4n) is 4.64. The minimum atomic E-state index is -0.618. The van der Waals surface area contributed by atoms with Crippen LogP contribution in [0.25, 0.3) is 0 Å². The molecule has 0 aliphatic carbocycles. The van der Waals surface area contributed by atoms with Crippen molar-refractivity contribution >= 4 is 6.03 Å². The Balaban J connectivity index is 1.33. The van der Waals surface area contributed by atoms with E-state index in [0.29, 0.717) is 24.2 Å². The van der Waals surface area contributed by atoms with Crippen molar-refractivity contribution in [3.8, 4) is 0 Å². The molecular weight excluding hydrogens is 410 g/mol. The van der Waals surface area contributed by atoms with Gasteiger partial charge in [-0.3, -0.25) is 4.90 Å². The average molecular weight is 443 g/mol. The zero-order valence-corrected chi connectivity index (χ0v) is 18.5. The summed E-state index contributed by atoms with van der Waals surface area (Å²) in [5.41, 5.74) is 1.17. The maximum absolute atomic E-state index is 13.9. The molecule has 0 bridgehead atoms. The van der Waals surface area contributed by atoms with Gasteiger partial charge in [0.1, 0.15) is 11.6 Å². The minimum Gasteiger partial charge on any atom is -0.327 e. The first-order valence-corrected chi connectivity index (χ1v) is 11.6. The van der Waals surface area contributed by atoms with Crippen molar-refractivity contribution in [1.82, 2.24) is 20.0 Å². The molecule has 2 aromatic carbocycles. The first-order valence-electron chi connectivity index (χ1n) is 11.6. The van der Waals surface area contributed by atoms with Crippen molar-refractivity contribution in [2.24, 2.45) is 0 Å². The number of nitrogens with zero attached hydrogens (tertiary/aromatic N) is 3. The number of likely N-dealkylation sites (tertiary alicyclic amines) is 1. The summed E-state index contributed by atoms with van der Waals surface area (Å²) in [6.45, 7) is 7.65. The summed E-state index contributed by atoms with van der Waals surface area (Å²) < 4.78 is 27.7. The number of carbonyl (C=O) groups excluding carboxylic acids is 1. The fraction of sp³-hybridized carbons (Fsp3) is 0.480. The monoisotopic (exact) mass is 442 g/mol. The summed E-state index contributed by atoms with van der Waals surface area (Å²) in [5, 5.41) is 3.00. The maximum atomic E-state index is 13.9. The summed E-state index contributed by atoms with van der Waals surface area (Å²) in [4.78, 5) is 19.8. The Morgan fingerprint density at radius 2 is 1.34 bits per heavy atom. The number of halogens is 2. The molecule has 2 fully saturated rings. The zero-order valence-electron chi connectivity index (χ0n) is 18.5. The van der Waals surface area contributed by atoms with Crippen LogP contribution in [0.5, 0.6) is 0 Å². The molecule has 172 valence electrons. The van der Waals surface area contributed by atoms with Gasteiger partial charge in [-0.25, -0.2) is 13.6 Å². The molecule has 2 saturated heterocycles. The molecular formula is C25H32F2N4O. The van der Waals surface area contributed by atoms with Gasteiger partial charge in [0.05, 0.1) is 6.04 Å². The van der Waals surface area contributed by atoms with E-state index in [1.165, 1.54) is 50.2 Å². The molecule has 2 aromatic rings. The standard InChI is InChI=1S/C25H32F2N4O/c26-22-8-3-6-20(18-22)24(21-7-4-9-23(27)19-21)28-25(32)31-16-14-30(15-17-31)13-5-12-29-10-1-2-11-29/h3-4,6-9,18-19,24H,1-2,5,10-17H2,(H,28,32). The van der Waals surface area contributed by atoms with E-state index in [2.05, 4.69) is 15.1 Å². The summed E-state index contributed by atoms with van der Waals surface area (Å²) >= 11 is 0. The van der Waals surface area contributed by atoms with Gasteiger partial charge in [-0.15, -0.1) is 0 Å². The third-order valence-electron chi connectivity index (χ3n) is 6.44. The number of rotatable bonds is 7. The number of hydrogen-bond donors (Lipinski definition) is 1. The van der Waals surface area contributed by atoms with Crippen molar-refractivity contribution in [1.29, 1.82) is 0 Å². The molecule has 0 atom stereocenters. The second-order valence-corrected chi connectivity index (χ2v) is 8.72. The Hall–Kier alpha value is -2.51. The molecule has 2 heterocycles. The fourth-order valence-corrected chi connectivity index (χ4v) is 4.64. The summed E-state index contributed by atoms with van der Waals surface area (Å²) in [7, 11) is 0. The van der Waals surface area contributed by atoms with Gasteiger partial charge in [0.25, 0.3) is 0 Å². The SMILES string of the molecule is O=C(NC(c1cccc(F)c1)c1cccc(F)c1)N1CCN(CCCN2CCCC2)CC1. The Morgan fingerprint density at radius 1 is 0.812 bits per heavy atom. The van der Waals surface area contributed by atoms with Crippen LogP contribution in [0.2, 0.25) is 0 Å². The lowest BCUT2D eigenvalue weighted by Gasteiger charge is -2.36. The number of amides is 2. The summed E-state index contributed by atoms with van der Waals surface area (Å²) in [6, 6.07) is 11.4. The number of urea groups is 1. The van der Waals surface area contributed by atoms with Crippen LogP contribution >= 0.6 is 0 Å². The average Bonchev–Trinajstić information content (AvgIpc) is 3.31. The van der Waals surface area contributed by atoms with E-state index in [1.54, 1.807) is 29.2 Å². The molecule has 4 rings (SSSR count). The third-order valence-corrected chi connectivity index (χ3v) is 6.44. The number of carbonyl (C=O) groups is 1. The lowest BCUT2D eigenvalue weighted by atomic mass is 9.98. The molecule has 32 heavy (non-hydrogen) atoms. The van der Waals surface area contributed by atoms with Gasteiger partial charge >= 0.3 is 6.03 Å². The molecule has 5 nitrogen and oxygen atoms in total. The third kappa shape index (κ3) is 6.04. The lowest BCUT2D eigenvalue weighted by molar-refractivity contribution is 0.134. The van der Waals surface area contributed by atoms with Gasteiger partial charge in [0, 0.05) is 26.2 Å². The van der Waals surface area contributed by atoms with Gasteiger partial charge < -0.3 is 15.1 Å².